The van der Waals surface area contributed by atoms with Gasteiger partial charge in [-0.2, -0.15) is 0 Å². The van der Waals surface area contributed by atoms with Crippen molar-refractivity contribution in [2.75, 3.05) is 20.3 Å². The number of Topliss-reactive ketones (excluding diaryl/α,β-unsaturated/α-hetero) is 1. The van der Waals surface area contributed by atoms with Crippen LogP contribution < -0.4 is 9.47 Å². The summed E-state index contributed by atoms with van der Waals surface area (Å²) >= 11 is 0. The number of carbonyl (C=O) groups excluding carboxylic acids is 2. The van der Waals surface area contributed by atoms with Gasteiger partial charge < -0.3 is 23.9 Å². The average molecular weight is 464 g/mol. The van der Waals surface area contributed by atoms with Crippen LogP contribution >= 0.6 is 0 Å². The maximum Gasteiger partial charge on any atom is 0.290 e. The standard InChI is InChI=1S/C27H29NO6/c1-5-13-28-23(17-9-11-19(12-10-17)33-15-16(2)3)22(25(30)27(28)31)24(29)21-14-18-7-6-8-20(32-4)26(18)34-21/h6-12,14,16,23,30H,5,13,15H2,1-4H3. The molecule has 7 heteroatoms. The van der Waals surface area contributed by atoms with Gasteiger partial charge in [0, 0.05) is 11.9 Å². The summed E-state index contributed by atoms with van der Waals surface area (Å²) in [5, 5.41) is 11.5. The topological polar surface area (TPSA) is 89.2 Å². The summed E-state index contributed by atoms with van der Waals surface area (Å²) < 4.78 is 16.9. The van der Waals surface area contributed by atoms with Crippen molar-refractivity contribution in [3.8, 4) is 11.5 Å². The highest BCUT2D eigenvalue weighted by molar-refractivity contribution is 6.16. The molecule has 1 unspecified atom stereocenters. The lowest BCUT2D eigenvalue weighted by Crippen LogP contribution is -2.31. The van der Waals surface area contributed by atoms with E-state index in [1.165, 1.54) is 12.0 Å². The molecule has 0 saturated carbocycles. The first-order chi connectivity index (χ1) is 16.3. The Morgan fingerprint density at radius 3 is 2.56 bits per heavy atom. The van der Waals surface area contributed by atoms with E-state index in [1.54, 1.807) is 18.2 Å². The lowest BCUT2D eigenvalue weighted by Gasteiger charge is -2.26. The van der Waals surface area contributed by atoms with E-state index in [2.05, 4.69) is 13.8 Å². The third-order valence-corrected chi connectivity index (χ3v) is 5.74. The number of carbonyl (C=O) groups is 2. The van der Waals surface area contributed by atoms with E-state index < -0.39 is 23.5 Å². The first kappa shape index (κ1) is 23.4. The minimum Gasteiger partial charge on any atom is -0.503 e. The Bertz CT molecular complexity index is 1240. The number of hydrogen-bond donors (Lipinski definition) is 1. The summed E-state index contributed by atoms with van der Waals surface area (Å²) in [6.45, 7) is 7.06. The predicted molar refractivity (Wildman–Crippen MR) is 128 cm³/mol. The van der Waals surface area contributed by atoms with Gasteiger partial charge in [-0.3, -0.25) is 9.59 Å². The molecule has 7 nitrogen and oxygen atoms in total. The average Bonchev–Trinajstić information content (AvgIpc) is 3.38. The van der Waals surface area contributed by atoms with E-state index in [0.29, 0.717) is 53.5 Å². The third kappa shape index (κ3) is 4.25. The molecule has 3 aromatic rings. The van der Waals surface area contributed by atoms with Crippen molar-refractivity contribution >= 4 is 22.7 Å². The van der Waals surface area contributed by atoms with Crippen LogP contribution in [-0.4, -0.2) is 42.0 Å². The van der Waals surface area contributed by atoms with Crippen molar-refractivity contribution in [3.63, 3.8) is 0 Å². The third-order valence-electron chi connectivity index (χ3n) is 5.74. The number of nitrogens with zero attached hydrogens (tertiary/aromatic N) is 1. The van der Waals surface area contributed by atoms with Crippen molar-refractivity contribution in [2.24, 2.45) is 5.92 Å². The van der Waals surface area contributed by atoms with E-state index in [-0.39, 0.29) is 11.3 Å². The van der Waals surface area contributed by atoms with Crippen molar-refractivity contribution in [1.82, 2.24) is 4.90 Å². The summed E-state index contributed by atoms with van der Waals surface area (Å²) in [5.74, 6) is -0.0201. The van der Waals surface area contributed by atoms with Crippen molar-refractivity contribution in [1.29, 1.82) is 0 Å². The Morgan fingerprint density at radius 1 is 1.18 bits per heavy atom. The Morgan fingerprint density at radius 2 is 1.91 bits per heavy atom. The molecule has 34 heavy (non-hydrogen) atoms. The van der Waals surface area contributed by atoms with E-state index in [1.807, 2.05) is 37.3 Å². The summed E-state index contributed by atoms with van der Waals surface area (Å²) in [4.78, 5) is 28.1. The molecule has 4 rings (SSSR count). The smallest absolute Gasteiger partial charge is 0.290 e. The highest BCUT2D eigenvalue weighted by Crippen LogP contribution is 2.40. The second kappa shape index (κ2) is 9.63. The SMILES string of the molecule is CCCN1C(=O)C(O)=C(C(=O)c2cc3cccc(OC)c3o2)C1c1ccc(OCC(C)C)cc1. The number of methoxy groups -OCH3 is 1. The Balaban J connectivity index is 1.73. The fourth-order valence-electron chi connectivity index (χ4n) is 4.15. The Kier molecular flexibility index (Phi) is 6.63. The number of fused-ring (bicyclic) bond motifs is 1. The molecule has 0 aliphatic carbocycles. The first-order valence-corrected chi connectivity index (χ1v) is 11.4. The number of para-hydroxylation sites is 1. The quantitative estimate of drug-likeness (QED) is 0.424. The van der Waals surface area contributed by atoms with Crippen molar-refractivity contribution in [3.05, 3.63) is 71.2 Å². The van der Waals surface area contributed by atoms with Crippen LogP contribution in [0.2, 0.25) is 0 Å². The number of ketones is 1. The van der Waals surface area contributed by atoms with E-state index >= 15 is 0 Å². The number of aliphatic hydroxyl groups excluding tert-OH is 1. The van der Waals surface area contributed by atoms with Crippen LogP contribution in [0.3, 0.4) is 0 Å². The number of furan rings is 1. The van der Waals surface area contributed by atoms with Crippen molar-refractivity contribution in [2.45, 2.75) is 33.2 Å². The summed E-state index contributed by atoms with van der Waals surface area (Å²) in [6.07, 6.45) is 0.675. The van der Waals surface area contributed by atoms with Gasteiger partial charge in [-0.05, 0) is 42.2 Å². The molecule has 1 aliphatic heterocycles. The molecule has 1 aliphatic rings. The van der Waals surface area contributed by atoms with Gasteiger partial charge in [0.2, 0.25) is 5.78 Å². The lowest BCUT2D eigenvalue weighted by molar-refractivity contribution is -0.129. The number of rotatable bonds is 9. The van der Waals surface area contributed by atoms with E-state index in [0.717, 1.165) is 0 Å². The minimum atomic E-state index is -0.728. The molecule has 0 spiro atoms. The number of amides is 1. The summed E-state index contributed by atoms with van der Waals surface area (Å²) in [6, 6.07) is 13.5. The fraction of sp³-hybridized carbons (Fsp3) is 0.333. The number of benzene rings is 2. The Labute approximate surface area is 198 Å². The molecule has 1 N–H and O–H groups in total. The van der Waals surface area contributed by atoms with Crippen LogP contribution in [0.5, 0.6) is 11.5 Å². The van der Waals surface area contributed by atoms with Gasteiger partial charge >= 0.3 is 0 Å². The van der Waals surface area contributed by atoms with Crippen LogP contribution in [0.25, 0.3) is 11.0 Å². The van der Waals surface area contributed by atoms with Crippen molar-refractivity contribution < 1.29 is 28.6 Å². The monoisotopic (exact) mass is 463 g/mol. The minimum absolute atomic E-state index is 0.00678. The molecule has 178 valence electrons. The molecule has 0 radical (unpaired) electrons. The lowest BCUT2D eigenvalue weighted by atomic mass is 9.95. The zero-order valence-corrected chi connectivity index (χ0v) is 19.8. The molecule has 1 aromatic heterocycles. The second-order valence-electron chi connectivity index (χ2n) is 8.76. The predicted octanol–water partition coefficient (Wildman–Crippen LogP) is 5.46. The number of aliphatic hydroxyl groups is 1. The van der Waals surface area contributed by atoms with Gasteiger partial charge in [-0.15, -0.1) is 0 Å². The van der Waals surface area contributed by atoms with E-state index in [9.17, 15) is 14.7 Å². The molecule has 2 heterocycles. The maximum absolute atomic E-state index is 13.6. The molecular formula is C27H29NO6. The summed E-state index contributed by atoms with van der Waals surface area (Å²) in [7, 11) is 1.52. The number of hydrogen-bond acceptors (Lipinski definition) is 6. The first-order valence-electron chi connectivity index (χ1n) is 11.4. The molecule has 0 bridgehead atoms. The number of ether oxygens (including phenoxy) is 2. The second-order valence-corrected chi connectivity index (χ2v) is 8.76. The Hall–Kier alpha value is -3.74. The fourth-order valence-corrected chi connectivity index (χ4v) is 4.15. The van der Waals surface area contributed by atoms with Crippen LogP contribution in [0.4, 0.5) is 0 Å². The zero-order valence-electron chi connectivity index (χ0n) is 19.8. The van der Waals surface area contributed by atoms with Crippen LogP contribution in [0.1, 0.15) is 49.4 Å². The molecule has 0 saturated heterocycles. The highest BCUT2D eigenvalue weighted by atomic mass is 16.5. The van der Waals surface area contributed by atoms with Gasteiger partial charge in [-0.1, -0.05) is 45.0 Å². The van der Waals surface area contributed by atoms with Gasteiger partial charge in [-0.25, -0.2) is 0 Å². The van der Waals surface area contributed by atoms with Gasteiger partial charge in [0.05, 0.1) is 25.3 Å². The van der Waals surface area contributed by atoms with Crippen LogP contribution in [-0.2, 0) is 4.79 Å². The van der Waals surface area contributed by atoms with Crippen LogP contribution in [0, 0.1) is 5.92 Å². The molecule has 2 aromatic carbocycles. The maximum atomic E-state index is 13.6. The largest absolute Gasteiger partial charge is 0.503 e. The van der Waals surface area contributed by atoms with Crippen LogP contribution in [0.15, 0.2) is 64.3 Å². The van der Waals surface area contributed by atoms with E-state index in [4.69, 9.17) is 13.9 Å². The molecule has 1 amide bonds. The molecule has 0 fully saturated rings. The summed E-state index contributed by atoms with van der Waals surface area (Å²) in [5.41, 5.74) is 1.15. The normalized spacial score (nSPS) is 16.1. The van der Waals surface area contributed by atoms with Gasteiger partial charge in [0.25, 0.3) is 5.91 Å². The highest BCUT2D eigenvalue weighted by Gasteiger charge is 2.44. The van der Waals surface area contributed by atoms with Gasteiger partial charge in [0.15, 0.2) is 22.9 Å². The van der Waals surface area contributed by atoms with Gasteiger partial charge in [0.1, 0.15) is 5.75 Å². The molecular weight excluding hydrogens is 434 g/mol. The zero-order chi connectivity index (χ0) is 24.4. The molecule has 1 atom stereocenters.